The van der Waals surface area contributed by atoms with Crippen LogP contribution in [0.4, 0.5) is 11.4 Å². The van der Waals surface area contributed by atoms with Crippen molar-refractivity contribution in [3.05, 3.63) is 12.1 Å². The highest BCUT2D eigenvalue weighted by molar-refractivity contribution is 6.00. The van der Waals surface area contributed by atoms with E-state index in [2.05, 4.69) is 10.6 Å². The van der Waals surface area contributed by atoms with Crippen molar-refractivity contribution in [3.8, 4) is 11.5 Å². The van der Waals surface area contributed by atoms with Gasteiger partial charge in [-0.3, -0.25) is 9.59 Å². The van der Waals surface area contributed by atoms with Gasteiger partial charge in [-0.15, -0.1) is 0 Å². The van der Waals surface area contributed by atoms with E-state index >= 15 is 0 Å². The van der Waals surface area contributed by atoms with Crippen molar-refractivity contribution in [1.82, 2.24) is 0 Å². The first-order valence-electron chi connectivity index (χ1n) is 7.10. The van der Waals surface area contributed by atoms with Gasteiger partial charge in [0.25, 0.3) is 0 Å². The Morgan fingerprint density at radius 1 is 1.00 bits per heavy atom. The molecule has 0 aliphatic rings. The van der Waals surface area contributed by atoms with Crippen LogP contribution in [0.15, 0.2) is 12.1 Å². The molecule has 1 aromatic rings. The monoisotopic (exact) mass is 325 g/mol. The Kier molecular flexibility index (Phi) is 7.86. The van der Waals surface area contributed by atoms with E-state index in [0.29, 0.717) is 35.8 Å². The van der Waals surface area contributed by atoms with Crippen LogP contribution in [-0.4, -0.2) is 46.3 Å². The minimum Gasteiger partial charge on any atom is -0.493 e. The Balaban J connectivity index is 3.07. The molecule has 1 aromatic carbocycles. The minimum absolute atomic E-state index is 0.102. The first kappa shape index (κ1) is 18.7. The number of rotatable bonds is 9. The summed E-state index contributed by atoms with van der Waals surface area (Å²) < 4.78 is 15.2. The van der Waals surface area contributed by atoms with Gasteiger partial charge in [0, 0.05) is 25.7 Å². The molecule has 0 heterocycles. The molecule has 0 atom stereocenters. The highest BCUT2D eigenvalue weighted by Crippen LogP contribution is 2.36. The topological polar surface area (TPSA) is 112 Å². The third kappa shape index (κ3) is 5.76. The molecule has 8 nitrogen and oxygen atoms in total. The number of ether oxygens (including phenoxy) is 3. The smallest absolute Gasteiger partial charge is 0.250 e. The summed E-state index contributed by atoms with van der Waals surface area (Å²) in [7, 11) is 4.39. The number of benzene rings is 1. The molecule has 0 spiro atoms. The van der Waals surface area contributed by atoms with Crippen LogP contribution >= 0.6 is 0 Å². The van der Waals surface area contributed by atoms with Crippen molar-refractivity contribution in [2.24, 2.45) is 5.73 Å². The summed E-state index contributed by atoms with van der Waals surface area (Å²) in [5.41, 5.74) is 6.20. The number of carbonyl (C=O) groups is 2. The van der Waals surface area contributed by atoms with Crippen LogP contribution in [0.25, 0.3) is 0 Å². The van der Waals surface area contributed by atoms with Gasteiger partial charge in [0.1, 0.15) is 6.61 Å². The van der Waals surface area contributed by atoms with Crippen molar-refractivity contribution in [3.63, 3.8) is 0 Å². The van der Waals surface area contributed by atoms with Crippen molar-refractivity contribution in [1.29, 1.82) is 0 Å². The summed E-state index contributed by atoms with van der Waals surface area (Å²) in [4.78, 5) is 23.7. The first-order chi connectivity index (χ1) is 11.0. The Morgan fingerprint density at radius 2 is 1.52 bits per heavy atom. The molecule has 8 heteroatoms. The van der Waals surface area contributed by atoms with Crippen molar-refractivity contribution >= 4 is 23.2 Å². The second kappa shape index (κ2) is 9.65. The summed E-state index contributed by atoms with van der Waals surface area (Å²) in [5, 5.41) is 5.39. The minimum atomic E-state index is -0.350. The Bertz CT molecular complexity index is 548. The maximum absolute atomic E-state index is 11.9. The van der Waals surface area contributed by atoms with E-state index in [4.69, 9.17) is 19.9 Å². The molecule has 0 unspecified atom stereocenters. The molecule has 4 N–H and O–H groups in total. The van der Waals surface area contributed by atoms with Gasteiger partial charge in [-0.25, -0.2) is 0 Å². The number of nitrogens with one attached hydrogen (secondary N) is 2. The molecule has 0 saturated carbocycles. The predicted molar refractivity (Wildman–Crippen MR) is 87.0 cm³/mol. The van der Waals surface area contributed by atoms with E-state index in [1.165, 1.54) is 21.3 Å². The Morgan fingerprint density at radius 3 is 1.96 bits per heavy atom. The fourth-order valence-corrected chi connectivity index (χ4v) is 1.88. The summed E-state index contributed by atoms with van der Waals surface area (Å²) in [6.07, 6.45) is 0.862. The van der Waals surface area contributed by atoms with Gasteiger partial charge < -0.3 is 30.6 Å². The number of carbonyl (C=O) groups excluding carboxylic acids is 2. The predicted octanol–water partition coefficient (Wildman–Crippen LogP) is 0.966. The summed E-state index contributed by atoms with van der Waals surface area (Å²) in [6.45, 7) is 0.325. The molecule has 0 aliphatic carbocycles. The van der Waals surface area contributed by atoms with Crippen LogP contribution < -0.4 is 25.8 Å². The van der Waals surface area contributed by atoms with Gasteiger partial charge in [-0.1, -0.05) is 0 Å². The quantitative estimate of drug-likeness (QED) is 0.623. The van der Waals surface area contributed by atoms with Crippen LogP contribution in [0.2, 0.25) is 0 Å². The van der Waals surface area contributed by atoms with Crippen LogP contribution in [-0.2, 0) is 14.3 Å². The van der Waals surface area contributed by atoms with Gasteiger partial charge in [-0.2, -0.15) is 0 Å². The zero-order valence-electron chi connectivity index (χ0n) is 13.6. The fourth-order valence-electron chi connectivity index (χ4n) is 1.88. The van der Waals surface area contributed by atoms with Crippen LogP contribution in [0.1, 0.15) is 12.8 Å². The highest BCUT2D eigenvalue weighted by atomic mass is 16.5. The number of amides is 2. The Labute approximate surface area is 135 Å². The van der Waals surface area contributed by atoms with Gasteiger partial charge in [0.15, 0.2) is 11.5 Å². The lowest BCUT2D eigenvalue weighted by atomic mass is 10.2. The molecular formula is C15H23N3O5. The average molecular weight is 325 g/mol. The lowest BCUT2D eigenvalue weighted by Crippen LogP contribution is -2.20. The first-order valence-corrected chi connectivity index (χ1v) is 7.10. The summed E-state index contributed by atoms with van der Waals surface area (Å²) in [6, 6.07) is 3.16. The van der Waals surface area contributed by atoms with E-state index in [1.54, 1.807) is 12.1 Å². The third-order valence-electron chi connectivity index (χ3n) is 2.96. The lowest BCUT2D eigenvalue weighted by Gasteiger charge is -2.16. The molecule has 0 aromatic heterocycles. The highest BCUT2D eigenvalue weighted by Gasteiger charge is 2.15. The van der Waals surface area contributed by atoms with Gasteiger partial charge >= 0.3 is 0 Å². The molecule has 0 radical (unpaired) electrons. The summed E-state index contributed by atoms with van der Waals surface area (Å²) >= 11 is 0. The third-order valence-corrected chi connectivity index (χ3v) is 2.96. The molecule has 1 rings (SSSR count). The molecule has 23 heavy (non-hydrogen) atoms. The van der Waals surface area contributed by atoms with E-state index < -0.39 is 0 Å². The Hall–Kier alpha value is -2.32. The molecule has 0 saturated heterocycles. The fraction of sp³-hybridized carbons (Fsp3) is 0.467. The van der Waals surface area contributed by atoms with Crippen LogP contribution in [0, 0.1) is 0 Å². The van der Waals surface area contributed by atoms with Crippen molar-refractivity contribution in [2.45, 2.75) is 12.8 Å². The number of hydrogen-bond donors (Lipinski definition) is 3. The average Bonchev–Trinajstić information content (AvgIpc) is 2.54. The number of methoxy groups -OCH3 is 3. The second-order valence-corrected chi connectivity index (χ2v) is 4.67. The van der Waals surface area contributed by atoms with E-state index in [0.717, 1.165) is 0 Å². The zero-order chi connectivity index (χ0) is 17.2. The van der Waals surface area contributed by atoms with Crippen LogP contribution in [0.3, 0.4) is 0 Å². The van der Waals surface area contributed by atoms with Crippen LogP contribution in [0.5, 0.6) is 11.5 Å². The number of nitrogens with two attached hydrogens (primary N) is 1. The zero-order valence-corrected chi connectivity index (χ0v) is 13.6. The maximum atomic E-state index is 11.9. The van der Waals surface area contributed by atoms with Gasteiger partial charge in [0.2, 0.25) is 11.8 Å². The SMILES string of the molecule is COCC(=O)Nc1cc(OC)c(OC)cc1NC(=O)CCCN. The number of anilines is 2. The molecule has 0 fully saturated rings. The largest absolute Gasteiger partial charge is 0.493 e. The molecular weight excluding hydrogens is 302 g/mol. The van der Waals surface area contributed by atoms with Gasteiger partial charge in [0.05, 0.1) is 25.6 Å². The lowest BCUT2D eigenvalue weighted by molar-refractivity contribution is -0.119. The second-order valence-electron chi connectivity index (χ2n) is 4.67. The molecule has 0 aliphatic heterocycles. The van der Waals surface area contributed by atoms with E-state index in [9.17, 15) is 9.59 Å². The standard InChI is InChI=1S/C15H23N3O5/c1-21-9-15(20)18-11-8-13(23-3)12(22-2)7-10(11)17-14(19)5-4-6-16/h7-8H,4-6,9,16H2,1-3H3,(H,17,19)(H,18,20). The summed E-state index contributed by atoms with van der Waals surface area (Å²) in [5.74, 6) is 0.314. The number of hydrogen-bond acceptors (Lipinski definition) is 6. The van der Waals surface area contributed by atoms with Crippen molar-refractivity contribution < 1.29 is 23.8 Å². The molecule has 2 amide bonds. The molecule has 128 valence electrons. The van der Waals surface area contributed by atoms with Gasteiger partial charge in [-0.05, 0) is 13.0 Å². The van der Waals surface area contributed by atoms with E-state index in [1.807, 2.05) is 0 Å². The van der Waals surface area contributed by atoms with E-state index in [-0.39, 0.29) is 24.8 Å². The molecule has 0 bridgehead atoms. The van der Waals surface area contributed by atoms with Crippen molar-refractivity contribution in [2.75, 3.05) is 45.1 Å². The normalized spacial score (nSPS) is 10.1. The maximum Gasteiger partial charge on any atom is 0.250 e.